The molecule has 7 heteroatoms. The van der Waals surface area contributed by atoms with Crippen LogP contribution in [0.5, 0.6) is 5.75 Å². The quantitative estimate of drug-likeness (QED) is 0.823. The number of sulfonamides is 1. The number of methoxy groups -OCH3 is 1. The summed E-state index contributed by atoms with van der Waals surface area (Å²) in [5.74, 6) is 0.505. The predicted molar refractivity (Wildman–Crippen MR) is 106 cm³/mol. The lowest BCUT2D eigenvalue weighted by Crippen LogP contribution is -2.30. The van der Waals surface area contributed by atoms with E-state index >= 15 is 0 Å². The summed E-state index contributed by atoms with van der Waals surface area (Å²) in [6.45, 7) is 5.46. The van der Waals surface area contributed by atoms with E-state index in [9.17, 15) is 13.2 Å². The van der Waals surface area contributed by atoms with Crippen LogP contribution in [0.15, 0.2) is 41.3 Å². The van der Waals surface area contributed by atoms with E-state index in [-0.39, 0.29) is 16.8 Å². The molecule has 1 N–H and O–H groups in total. The molecule has 1 amide bonds. The van der Waals surface area contributed by atoms with Gasteiger partial charge in [-0.3, -0.25) is 4.79 Å². The van der Waals surface area contributed by atoms with Gasteiger partial charge in [-0.1, -0.05) is 12.1 Å². The molecule has 0 radical (unpaired) electrons. The molecule has 0 saturated heterocycles. The Hall–Kier alpha value is -2.38. The number of carbonyl (C=O) groups is 1. The SMILES string of the molecule is CNS(=O)(=O)c1cc(C(=O)N(C)C(C)c2ccc(OC)cc2)cc(C)c1C. The largest absolute Gasteiger partial charge is 0.497 e. The summed E-state index contributed by atoms with van der Waals surface area (Å²) in [6, 6.07) is 10.5. The Kier molecular flexibility index (Phi) is 6.28. The molecule has 2 rings (SSSR count). The number of rotatable bonds is 6. The first-order valence-electron chi connectivity index (χ1n) is 8.58. The fraction of sp³-hybridized carbons (Fsp3) is 0.350. The Morgan fingerprint density at radius 1 is 1.15 bits per heavy atom. The van der Waals surface area contributed by atoms with Crippen molar-refractivity contribution in [2.75, 3.05) is 21.2 Å². The molecule has 0 aliphatic rings. The van der Waals surface area contributed by atoms with Crippen LogP contribution in [-0.4, -0.2) is 40.4 Å². The van der Waals surface area contributed by atoms with Crippen molar-refractivity contribution in [3.05, 3.63) is 58.7 Å². The van der Waals surface area contributed by atoms with Crippen molar-refractivity contribution in [3.63, 3.8) is 0 Å². The molecule has 0 spiro atoms. The maximum absolute atomic E-state index is 13.0. The second-order valence-corrected chi connectivity index (χ2v) is 8.34. The zero-order chi connectivity index (χ0) is 20.4. The number of hydrogen-bond donors (Lipinski definition) is 1. The van der Waals surface area contributed by atoms with Gasteiger partial charge in [-0.05, 0) is 68.8 Å². The van der Waals surface area contributed by atoms with Crippen LogP contribution in [0.3, 0.4) is 0 Å². The van der Waals surface area contributed by atoms with E-state index in [4.69, 9.17) is 4.74 Å². The average molecular weight is 391 g/mol. The Bertz CT molecular complexity index is 937. The molecule has 2 aromatic rings. The second kappa shape index (κ2) is 8.10. The normalized spacial score (nSPS) is 12.5. The molecule has 0 saturated carbocycles. The standard InChI is InChI=1S/C20H26N2O4S/c1-13-11-17(12-19(14(13)2)27(24,25)21-4)20(23)22(5)15(3)16-7-9-18(26-6)10-8-16/h7-12,15,21H,1-6H3. The average Bonchev–Trinajstić information content (AvgIpc) is 2.68. The Balaban J connectivity index is 2.38. The summed E-state index contributed by atoms with van der Waals surface area (Å²) in [4.78, 5) is 14.7. The third-order valence-electron chi connectivity index (χ3n) is 4.92. The maximum atomic E-state index is 13.0. The topological polar surface area (TPSA) is 75.7 Å². The maximum Gasteiger partial charge on any atom is 0.254 e. The van der Waals surface area contributed by atoms with Gasteiger partial charge in [0.25, 0.3) is 5.91 Å². The zero-order valence-corrected chi connectivity index (χ0v) is 17.3. The molecule has 2 aromatic carbocycles. The molecule has 0 fully saturated rings. The van der Waals surface area contributed by atoms with Crippen molar-refractivity contribution >= 4 is 15.9 Å². The van der Waals surface area contributed by atoms with E-state index in [2.05, 4.69) is 4.72 Å². The second-order valence-electron chi connectivity index (χ2n) is 6.49. The first-order chi connectivity index (χ1) is 12.6. The van der Waals surface area contributed by atoms with Gasteiger partial charge in [-0.2, -0.15) is 0 Å². The first kappa shape index (κ1) is 20.9. The lowest BCUT2D eigenvalue weighted by atomic mass is 10.0. The Morgan fingerprint density at radius 3 is 2.26 bits per heavy atom. The molecule has 6 nitrogen and oxygen atoms in total. The molecule has 0 aliphatic carbocycles. The van der Waals surface area contributed by atoms with Crippen molar-refractivity contribution in [3.8, 4) is 5.75 Å². The van der Waals surface area contributed by atoms with Crippen LogP contribution >= 0.6 is 0 Å². The highest BCUT2D eigenvalue weighted by molar-refractivity contribution is 7.89. The van der Waals surface area contributed by atoms with E-state index in [1.54, 1.807) is 39.0 Å². The predicted octanol–water partition coefficient (Wildman–Crippen LogP) is 3.05. The van der Waals surface area contributed by atoms with E-state index in [1.165, 1.54) is 13.1 Å². The van der Waals surface area contributed by atoms with Crippen LogP contribution < -0.4 is 9.46 Å². The van der Waals surface area contributed by atoms with Gasteiger partial charge in [0.1, 0.15) is 5.75 Å². The smallest absolute Gasteiger partial charge is 0.254 e. The van der Waals surface area contributed by atoms with Crippen LogP contribution in [0.1, 0.15) is 40.0 Å². The fourth-order valence-electron chi connectivity index (χ4n) is 2.83. The van der Waals surface area contributed by atoms with Gasteiger partial charge in [0.15, 0.2) is 0 Å². The van der Waals surface area contributed by atoms with Gasteiger partial charge in [0.2, 0.25) is 10.0 Å². The molecule has 1 atom stereocenters. The van der Waals surface area contributed by atoms with E-state index in [0.717, 1.165) is 16.9 Å². The molecule has 0 aromatic heterocycles. The minimum absolute atomic E-state index is 0.124. The number of carbonyl (C=O) groups excluding carboxylic acids is 1. The third kappa shape index (κ3) is 4.31. The number of nitrogens with zero attached hydrogens (tertiary/aromatic N) is 1. The van der Waals surface area contributed by atoms with E-state index < -0.39 is 10.0 Å². The summed E-state index contributed by atoms with van der Waals surface area (Å²) in [5, 5.41) is 0. The van der Waals surface area contributed by atoms with Crippen molar-refractivity contribution < 1.29 is 17.9 Å². The summed E-state index contributed by atoms with van der Waals surface area (Å²) in [6.07, 6.45) is 0. The van der Waals surface area contributed by atoms with Gasteiger partial charge in [-0.25, -0.2) is 13.1 Å². The molecule has 27 heavy (non-hydrogen) atoms. The van der Waals surface area contributed by atoms with E-state index in [1.807, 2.05) is 31.2 Å². The lowest BCUT2D eigenvalue weighted by molar-refractivity contribution is 0.0742. The summed E-state index contributed by atoms with van der Waals surface area (Å²) in [5.41, 5.74) is 2.68. The van der Waals surface area contributed by atoms with Crippen molar-refractivity contribution in [1.82, 2.24) is 9.62 Å². The molecule has 0 aliphatic heterocycles. The molecule has 146 valence electrons. The Morgan fingerprint density at radius 2 is 1.74 bits per heavy atom. The number of benzene rings is 2. The molecule has 1 unspecified atom stereocenters. The van der Waals surface area contributed by atoms with Gasteiger partial charge in [0.05, 0.1) is 18.0 Å². The van der Waals surface area contributed by atoms with Crippen LogP contribution in [0, 0.1) is 13.8 Å². The Labute approximate surface area is 161 Å². The first-order valence-corrected chi connectivity index (χ1v) is 10.1. The summed E-state index contributed by atoms with van der Waals surface area (Å²) < 4.78 is 32.1. The number of amides is 1. The summed E-state index contributed by atoms with van der Waals surface area (Å²) >= 11 is 0. The molecule has 0 heterocycles. The van der Waals surface area contributed by atoms with Crippen molar-refractivity contribution in [2.45, 2.75) is 31.7 Å². The van der Waals surface area contributed by atoms with E-state index in [0.29, 0.717) is 11.1 Å². The van der Waals surface area contributed by atoms with Crippen LogP contribution in [0.25, 0.3) is 0 Å². The fourth-order valence-corrected chi connectivity index (χ4v) is 3.89. The minimum Gasteiger partial charge on any atom is -0.497 e. The number of aryl methyl sites for hydroxylation is 1. The molecular formula is C20H26N2O4S. The van der Waals surface area contributed by atoms with Gasteiger partial charge >= 0.3 is 0 Å². The minimum atomic E-state index is -3.65. The van der Waals surface area contributed by atoms with Gasteiger partial charge in [-0.15, -0.1) is 0 Å². The monoisotopic (exact) mass is 390 g/mol. The highest BCUT2D eigenvalue weighted by Gasteiger charge is 2.23. The third-order valence-corrected chi connectivity index (χ3v) is 6.46. The van der Waals surface area contributed by atoms with Crippen LogP contribution in [0.2, 0.25) is 0 Å². The highest BCUT2D eigenvalue weighted by atomic mass is 32.2. The van der Waals surface area contributed by atoms with Gasteiger partial charge < -0.3 is 9.64 Å². The van der Waals surface area contributed by atoms with Crippen molar-refractivity contribution in [1.29, 1.82) is 0 Å². The number of ether oxygens (including phenoxy) is 1. The number of hydrogen-bond acceptors (Lipinski definition) is 4. The number of nitrogens with one attached hydrogen (secondary N) is 1. The summed E-state index contributed by atoms with van der Waals surface area (Å²) in [7, 11) is 1.02. The zero-order valence-electron chi connectivity index (χ0n) is 16.5. The van der Waals surface area contributed by atoms with Crippen LogP contribution in [0.4, 0.5) is 0 Å². The lowest BCUT2D eigenvalue weighted by Gasteiger charge is -2.26. The van der Waals surface area contributed by atoms with Gasteiger partial charge in [0, 0.05) is 12.6 Å². The molecule has 0 bridgehead atoms. The van der Waals surface area contributed by atoms with Crippen molar-refractivity contribution in [2.24, 2.45) is 0 Å². The molecular weight excluding hydrogens is 364 g/mol. The van der Waals surface area contributed by atoms with Crippen LogP contribution in [-0.2, 0) is 10.0 Å². The highest BCUT2D eigenvalue weighted by Crippen LogP contribution is 2.26.